The first-order chi connectivity index (χ1) is 26.5. The minimum atomic E-state index is -3.46. The van der Waals surface area contributed by atoms with Crippen LogP contribution in [0.2, 0.25) is 15.1 Å². The molecule has 1 aliphatic heterocycles. The van der Waals surface area contributed by atoms with Crippen molar-refractivity contribution in [3.8, 4) is 39.8 Å². The van der Waals surface area contributed by atoms with Crippen LogP contribution in [-0.2, 0) is 29.6 Å². The van der Waals surface area contributed by atoms with Gasteiger partial charge in [-0.25, -0.2) is 8.42 Å². The summed E-state index contributed by atoms with van der Waals surface area (Å²) in [6, 6.07) is 22.3. The standard InChI is InChI=1S/C40H41Cl3N4O7S/c1-55(50,51)32-18-26(20-45-21-32)24-53-39-29(22-47-15-12-30(49)23-47)19-36(41)40(46-39)54-25-28-4-2-6-34(37(28)42)35-7-3-5-33(38(35)43)27-8-10-31(11-9-27)52-17-14-44-13-16-48/h2-11,18-21,30,44,48-49H,12-17,22-25H2,1H3/t30-/m0/s1. The van der Waals surface area contributed by atoms with Crippen molar-refractivity contribution in [2.24, 2.45) is 0 Å². The highest BCUT2D eigenvalue weighted by atomic mass is 35.5. The summed E-state index contributed by atoms with van der Waals surface area (Å²) in [4.78, 5) is 10.9. The summed E-state index contributed by atoms with van der Waals surface area (Å²) in [5.74, 6) is 1.10. The summed E-state index contributed by atoms with van der Waals surface area (Å²) >= 11 is 20.8. The number of benzene rings is 3. The lowest BCUT2D eigenvalue weighted by Gasteiger charge is -2.19. The minimum Gasteiger partial charge on any atom is -0.492 e. The highest BCUT2D eigenvalue weighted by molar-refractivity contribution is 7.90. The molecule has 6 rings (SSSR count). The number of hydrogen-bond acceptors (Lipinski definition) is 11. The first kappa shape index (κ1) is 40.7. The van der Waals surface area contributed by atoms with Gasteiger partial charge >= 0.3 is 0 Å². The van der Waals surface area contributed by atoms with Gasteiger partial charge in [0, 0.05) is 84.8 Å². The van der Waals surface area contributed by atoms with Gasteiger partial charge in [0.1, 0.15) is 30.6 Å². The molecule has 0 bridgehead atoms. The molecule has 0 saturated carbocycles. The lowest BCUT2D eigenvalue weighted by molar-refractivity contribution is 0.173. The van der Waals surface area contributed by atoms with Crippen LogP contribution in [0, 0.1) is 0 Å². The molecule has 15 heteroatoms. The van der Waals surface area contributed by atoms with Gasteiger partial charge in [0.2, 0.25) is 11.8 Å². The number of halogens is 3. The number of rotatable bonds is 17. The Balaban J connectivity index is 1.20. The van der Waals surface area contributed by atoms with Gasteiger partial charge in [0.25, 0.3) is 0 Å². The van der Waals surface area contributed by atoms with Gasteiger partial charge in [0.05, 0.1) is 27.7 Å². The zero-order valence-electron chi connectivity index (χ0n) is 30.1. The van der Waals surface area contributed by atoms with E-state index in [1.807, 2.05) is 60.7 Å². The van der Waals surface area contributed by atoms with E-state index in [-0.39, 0.29) is 41.5 Å². The smallest absolute Gasteiger partial charge is 0.236 e. The molecule has 1 atom stereocenters. The van der Waals surface area contributed by atoms with E-state index in [9.17, 15) is 13.5 Å². The topological polar surface area (TPSA) is 143 Å². The van der Waals surface area contributed by atoms with E-state index in [2.05, 4.69) is 20.2 Å². The second-order valence-electron chi connectivity index (χ2n) is 13.1. The van der Waals surface area contributed by atoms with Crippen LogP contribution < -0.4 is 19.5 Å². The van der Waals surface area contributed by atoms with Crippen LogP contribution in [0.1, 0.15) is 23.1 Å². The Morgan fingerprint density at radius 3 is 2.31 bits per heavy atom. The average molecular weight is 828 g/mol. The predicted molar refractivity (Wildman–Crippen MR) is 214 cm³/mol. The van der Waals surface area contributed by atoms with E-state index >= 15 is 0 Å². The highest BCUT2D eigenvalue weighted by Gasteiger charge is 2.24. The maximum Gasteiger partial charge on any atom is 0.236 e. The third-order valence-corrected chi connectivity index (χ3v) is 11.1. The zero-order chi connectivity index (χ0) is 39.0. The third-order valence-electron chi connectivity index (χ3n) is 8.93. The van der Waals surface area contributed by atoms with Gasteiger partial charge in [-0.1, -0.05) is 83.3 Å². The van der Waals surface area contributed by atoms with Crippen molar-refractivity contribution in [1.82, 2.24) is 20.2 Å². The molecule has 1 aliphatic rings. The van der Waals surface area contributed by atoms with E-state index in [1.165, 1.54) is 18.5 Å². The third kappa shape index (κ3) is 10.7. The molecule has 0 spiro atoms. The van der Waals surface area contributed by atoms with Crippen LogP contribution in [0.5, 0.6) is 17.5 Å². The summed E-state index contributed by atoms with van der Waals surface area (Å²) < 4.78 is 42.3. The first-order valence-corrected chi connectivity index (χ1v) is 20.6. The van der Waals surface area contributed by atoms with Crippen molar-refractivity contribution in [3.05, 3.63) is 117 Å². The Hall–Kier alpha value is -3.98. The molecule has 3 heterocycles. The first-order valence-electron chi connectivity index (χ1n) is 17.6. The number of β-amino-alcohol motifs (C(OH)–C–C–N with tert-alkyl or cyclic N) is 1. The molecule has 2 aromatic heterocycles. The monoisotopic (exact) mass is 826 g/mol. The quantitative estimate of drug-likeness (QED) is 0.0847. The molecular weight excluding hydrogens is 787 g/mol. The predicted octanol–water partition coefficient (Wildman–Crippen LogP) is 6.86. The lowest BCUT2D eigenvalue weighted by atomic mass is 9.97. The van der Waals surface area contributed by atoms with E-state index in [0.29, 0.717) is 72.5 Å². The summed E-state index contributed by atoms with van der Waals surface area (Å²) in [5.41, 5.74) is 5.12. The molecule has 0 aliphatic carbocycles. The number of hydrogen-bond donors (Lipinski definition) is 3. The average Bonchev–Trinajstić information content (AvgIpc) is 3.58. The second kappa shape index (κ2) is 18.8. The molecule has 1 saturated heterocycles. The number of nitrogens with zero attached hydrogens (tertiary/aromatic N) is 3. The molecule has 0 unspecified atom stereocenters. The molecule has 290 valence electrons. The molecular formula is C40H41Cl3N4O7S. The number of ether oxygens (including phenoxy) is 3. The van der Waals surface area contributed by atoms with Gasteiger partial charge < -0.3 is 29.7 Å². The number of aliphatic hydroxyl groups is 2. The van der Waals surface area contributed by atoms with E-state index in [4.69, 9.17) is 54.1 Å². The van der Waals surface area contributed by atoms with Crippen LogP contribution in [0.15, 0.2) is 90.1 Å². The second-order valence-corrected chi connectivity index (χ2v) is 16.3. The Bertz CT molecular complexity index is 2210. The van der Waals surface area contributed by atoms with E-state index in [1.54, 1.807) is 6.07 Å². The molecule has 0 radical (unpaired) electrons. The summed E-state index contributed by atoms with van der Waals surface area (Å²) in [5, 5.41) is 23.3. The van der Waals surface area contributed by atoms with Crippen molar-refractivity contribution < 1.29 is 32.8 Å². The molecule has 55 heavy (non-hydrogen) atoms. The highest BCUT2D eigenvalue weighted by Crippen LogP contribution is 2.41. The minimum absolute atomic E-state index is 0.00445. The van der Waals surface area contributed by atoms with Crippen molar-refractivity contribution in [2.45, 2.75) is 37.2 Å². The van der Waals surface area contributed by atoms with Gasteiger partial charge in [-0.3, -0.25) is 9.88 Å². The van der Waals surface area contributed by atoms with Crippen LogP contribution in [-0.4, -0.2) is 85.3 Å². The zero-order valence-corrected chi connectivity index (χ0v) is 33.1. The molecule has 3 aromatic carbocycles. The fraction of sp³-hybridized carbons (Fsp3) is 0.300. The molecule has 11 nitrogen and oxygen atoms in total. The lowest BCUT2D eigenvalue weighted by Crippen LogP contribution is -2.23. The maximum atomic E-state index is 12.1. The number of aromatic nitrogens is 2. The largest absolute Gasteiger partial charge is 0.492 e. The summed E-state index contributed by atoms with van der Waals surface area (Å²) in [6.07, 6.45) is 4.19. The number of aliphatic hydroxyl groups excluding tert-OH is 2. The molecule has 3 N–H and O–H groups in total. The van der Waals surface area contributed by atoms with Gasteiger partial charge in [-0.2, -0.15) is 4.98 Å². The Morgan fingerprint density at radius 1 is 0.855 bits per heavy atom. The molecule has 0 amide bonds. The number of nitrogens with one attached hydrogen (secondary N) is 1. The van der Waals surface area contributed by atoms with E-state index < -0.39 is 15.9 Å². The van der Waals surface area contributed by atoms with Crippen LogP contribution in [0.3, 0.4) is 0 Å². The van der Waals surface area contributed by atoms with Crippen molar-refractivity contribution in [2.75, 3.05) is 45.6 Å². The number of likely N-dealkylation sites (tertiary alicyclic amines) is 1. The summed E-state index contributed by atoms with van der Waals surface area (Å²) in [7, 11) is -3.46. The number of pyridine rings is 2. The van der Waals surface area contributed by atoms with Crippen molar-refractivity contribution >= 4 is 44.6 Å². The Kier molecular flexibility index (Phi) is 13.9. The van der Waals surface area contributed by atoms with Gasteiger partial charge in [0.15, 0.2) is 9.84 Å². The Morgan fingerprint density at radius 2 is 1.58 bits per heavy atom. The summed E-state index contributed by atoms with van der Waals surface area (Å²) in [6.45, 7) is 3.36. The van der Waals surface area contributed by atoms with Crippen molar-refractivity contribution in [3.63, 3.8) is 0 Å². The van der Waals surface area contributed by atoms with Gasteiger partial charge in [-0.05, 0) is 36.2 Å². The fourth-order valence-corrected chi connectivity index (χ4v) is 7.58. The Labute approximate surface area is 335 Å². The fourth-order valence-electron chi connectivity index (χ4n) is 6.11. The SMILES string of the molecule is CS(=O)(=O)c1cncc(COc2nc(OCc3cccc(-c4cccc(-c5ccc(OCCNCCO)cc5)c4Cl)c3Cl)c(Cl)cc2CN2CC[C@H](O)C2)c1. The molecule has 1 fully saturated rings. The van der Waals surface area contributed by atoms with E-state index in [0.717, 1.165) is 34.3 Å². The number of sulfone groups is 1. The normalized spacial score (nSPS) is 14.6. The maximum absolute atomic E-state index is 12.1. The van der Waals surface area contributed by atoms with Crippen molar-refractivity contribution in [1.29, 1.82) is 0 Å². The van der Waals surface area contributed by atoms with Crippen LogP contribution in [0.25, 0.3) is 22.3 Å². The van der Waals surface area contributed by atoms with Crippen LogP contribution in [0.4, 0.5) is 0 Å². The van der Waals surface area contributed by atoms with Gasteiger partial charge in [-0.15, -0.1) is 0 Å². The molecule has 5 aromatic rings. The van der Waals surface area contributed by atoms with Crippen LogP contribution >= 0.6 is 34.8 Å².